The summed E-state index contributed by atoms with van der Waals surface area (Å²) in [6.45, 7) is 0.950. The van der Waals surface area contributed by atoms with Crippen molar-refractivity contribution in [2.45, 2.75) is 29.1 Å². The van der Waals surface area contributed by atoms with Crippen LogP contribution in [0.5, 0.6) is 0 Å². The summed E-state index contributed by atoms with van der Waals surface area (Å²) < 4.78 is 57.2. The lowest BCUT2D eigenvalue weighted by molar-refractivity contribution is 0.346. The summed E-state index contributed by atoms with van der Waals surface area (Å²) in [5.74, 6) is 0. The zero-order valence-electron chi connectivity index (χ0n) is 21.3. The van der Waals surface area contributed by atoms with Crippen molar-refractivity contribution in [2.75, 3.05) is 13.1 Å². The first-order valence-electron chi connectivity index (χ1n) is 12.6. The van der Waals surface area contributed by atoms with Gasteiger partial charge in [0.1, 0.15) is 16.7 Å². The SMILES string of the molecule is N#C/C(=C\c1cn(-c2ccccc2)nc1-c1cccc(S(=O)(=O)N2CCCCC2)c1)S(=O)(=O)c1ccc(Br)cc1. The van der Waals surface area contributed by atoms with Crippen LogP contribution in [0, 0.1) is 11.3 Å². The fraction of sp³-hybridized carbons (Fsp3) is 0.172. The number of nitrogens with zero attached hydrogens (tertiary/aromatic N) is 4. The molecule has 1 aliphatic heterocycles. The predicted octanol–water partition coefficient (Wildman–Crippen LogP) is 5.81. The summed E-state index contributed by atoms with van der Waals surface area (Å²) >= 11 is 3.29. The van der Waals surface area contributed by atoms with Crippen LogP contribution in [-0.4, -0.2) is 44.0 Å². The molecule has 1 aliphatic rings. The number of halogens is 1. The topological polar surface area (TPSA) is 113 Å². The molecule has 3 aromatic carbocycles. The van der Waals surface area contributed by atoms with Gasteiger partial charge < -0.3 is 0 Å². The molecule has 0 unspecified atom stereocenters. The fourth-order valence-corrected chi connectivity index (χ4v) is 7.52. The third-order valence-corrected chi connectivity index (χ3v) is 10.7. The van der Waals surface area contributed by atoms with E-state index < -0.39 is 24.8 Å². The Morgan fingerprint density at radius 2 is 1.57 bits per heavy atom. The molecule has 8 nitrogen and oxygen atoms in total. The Morgan fingerprint density at radius 1 is 0.875 bits per heavy atom. The summed E-state index contributed by atoms with van der Waals surface area (Å²) in [5, 5.41) is 14.6. The summed E-state index contributed by atoms with van der Waals surface area (Å²) in [5.41, 5.74) is 1.90. The highest BCUT2D eigenvalue weighted by Crippen LogP contribution is 2.31. The van der Waals surface area contributed by atoms with E-state index in [1.165, 1.54) is 22.5 Å². The van der Waals surface area contributed by atoms with Crippen molar-refractivity contribution in [3.8, 4) is 23.0 Å². The Balaban J connectivity index is 1.64. The molecule has 1 aromatic heterocycles. The molecule has 1 saturated heterocycles. The maximum atomic E-state index is 13.4. The van der Waals surface area contributed by atoms with E-state index in [1.54, 1.807) is 47.3 Å². The molecule has 4 aromatic rings. The van der Waals surface area contributed by atoms with Crippen LogP contribution in [0.25, 0.3) is 23.0 Å². The highest BCUT2D eigenvalue weighted by atomic mass is 79.9. The van der Waals surface area contributed by atoms with Crippen molar-refractivity contribution in [3.63, 3.8) is 0 Å². The van der Waals surface area contributed by atoms with Crippen LogP contribution >= 0.6 is 15.9 Å². The van der Waals surface area contributed by atoms with Crippen LogP contribution in [0.3, 0.4) is 0 Å². The number of rotatable bonds is 7. The maximum Gasteiger partial charge on any atom is 0.243 e. The Hall–Kier alpha value is -3.56. The van der Waals surface area contributed by atoms with Crippen molar-refractivity contribution in [2.24, 2.45) is 0 Å². The fourth-order valence-electron chi connectivity index (χ4n) is 4.54. The maximum absolute atomic E-state index is 13.4. The quantitative estimate of drug-likeness (QED) is 0.236. The monoisotopic (exact) mass is 636 g/mol. The normalized spacial score (nSPS) is 15.1. The van der Waals surface area contributed by atoms with Gasteiger partial charge in [0.15, 0.2) is 0 Å². The van der Waals surface area contributed by atoms with E-state index in [0.717, 1.165) is 24.9 Å². The first-order valence-corrected chi connectivity index (χ1v) is 16.3. The number of hydrogen-bond donors (Lipinski definition) is 0. The second-order valence-corrected chi connectivity index (χ2v) is 14.1. The van der Waals surface area contributed by atoms with Gasteiger partial charge in [0.05, 0.1) is 15.5 Å². The van der Waals surface area contributed by atoms with Crippen molar-refractivity contribution in [1.82, 2.24) is 14.1 Å². The molecule has 2 heterocycles. The van der Waals surface area contributed by atoms with E-state index in [0.29, 0.717) is 34.4 Å². The molecule has 0 aliphatic carbocycles. The van der Waals surface area contributed by atoms with Crippen molar-refractivity contribution in [1.29, 1.82) is 5.26 Å². The van der Waals surface area contributed by atoms with Crippen LogP contribution in [0.1, 0.15) is 24.8 Å². The van der Waals surface area contributed by atoms with Gasteiger partial charge in [-0.15, -0.1) is 0 Å². The van der Waals surface area contributed by atoms with E-state index in [4.69, 9.17) is 5.10 Å². The highest BCUT2D eigenvalue weighted by Gasteiger charge is 2.27. The molecule has 0 spiro atoms. The number of nitriles is 1. The van der Waals surface area contributed by atoms with E-state index in [2.05, 4.69) is 15.9 Å². The van der Waals surface area contributed by atoms with Gasteiger partial charge in [-0.3, -0.25) is 0 Å². The highest BCUT2D eigenvalue weighted by molar-refractivity contribution is 9.10. The van der Waals surface area contributed by atoms with Crippen LogP contribution in [-0.2, 0) is 19.9 Å². The lowest BCUT2D eigenvalue weighted by Gasteiger charge is -2.26. The van der Waals surface area contributed by atoms with E-state index in [1.807, 2.05) is 36.4 Å². The summed E-state index contributed by atoms with van der Waals surface area (Å²) in [6.07, 6.45) is 5.55. The molecule has 0 bridgehead atoms. The Labute approximate surface area is 242 Å². The largest absolute Gasteiger partial charge is 0.243 e. The number of allylic oxidation sites excluding steroid dienone is 1. The van der Waals surface area contributed by atoms with E-state index >= 15 is 0 Å². The van der Waals surface area contributed by atoms with Gasteiger partial charge in [0, 0.05) is 34.9 Å². The third kappa shape index (κ3) is 5.67. The molecule has 204 valence electrons. The van der Waals surface area contributed by atoms with Crippen LogP contribution in [0.4, 0.5) is 0 Å². The summed E-state index contributed by atoms with van der Waals surface area (Å²) in [4.78, 5) is -0.338. The van der Waals surface area contributed by atoms with Gasteiger partial charge >= 0.3 is 0 Å². The molecule has 11 heteroatoms. The van der Waals surface area contributed by atoms with Gasteiger partial charge in [-0.2, -0.15) is 14.7 Å². The molecule has 0 atom stereocenters. The molecule has 5 rings (SSSR count). The summed E-state index contributed by atoms with van der Waals surface area (Å²) in [6, 6.07) is 23.6. The molecular formula is C29H25BrN4O4S2. The number of hydrogen-bond acceptors (Lipinski definition) is 6. The third-order valence-electron chi connectivity index (χ3n) is 6.63. The average Bonchev–Trinajstić information content (AvgIpc) is 3.41. The first-order chi connectivity index (χ1) is 19.2. The Kier molecular flexibility index (Phi) is 8.05. The number of aromatic nitrogens is 2. The minimum absolute atomic E-state index is 0.0184. The van der Waals surface area contributed by atoms with Crippen molar-refractivity contribution >= 4 is 41.9 Å². The predicted molar refractivity (Wildman–Crippen MR) is 157 cm³/mol. The molecule has 1 fully saturated rings. The number of sulfonamides is 1. The first kappa shape index (κ1) is 28.0. The Morgan fingerprint density at radius 3 is 2.25 bits per heavy atom. The summed E-state index contributed by atoms with van der Waals surface area (Å²) in [7, 11) is -7.84. The van der Waals surface area contributed by atoms with E-state index in [-0.39, 0.29) is 9.79 Å². The average molecular weight is 638 g/mol. The van der Waals surface area contributed by atoms with Crippen molar-refractivity contribution < 1.29 is 16.8 Å². The van der Waals surface area contributed by atoms with Crippen molar-refractivity contribution in [3.05, 3.63) is 100 Å². The van der Waals surface area contributed by atoms with Gasteiger partial charge in [0.2, 0.25) is 19.9 Å². The molecular weight excluding hydrogens is 612 g/mol. The van der Waals surface area contributed by atoms with Gasteiger partial charge in [-0.05, 0) is 67.4 Å². The van der Waals surface area contributed by atoms with Crippen LogP contribution in [0.15, 0.2) is 104 Å². The van der Waals surface area contributed by atoms with Crippen LogP contribution in [0.2, 0.25) is 0 Å². The molecule has 40 heavy (non-hydrogen) atoms. The standard InChI is InChI=1S/C29H25BrN4O4S2/c30-24-12-14-26(15-13-24)39(35,36)28(20-31)19-23-21-34(25-9-3-1-4-10-25)32-29(23)22-8-7-11-27(18-22)40(37,38)33-16-5-2-6-17-33/h1,3-4,7-15,18-19,21H,2,5-6,16-17H2/b28-19+. The second-order valence-electron chi connectivity index (χ2n) is 9.28. The second kappa shape index (κ2) is 11.5. The smallest absolute Gasteiger partial charge is 0.240 e. The van der Waals surface area contributed by atoms with Gasteiger partial charge in [0.25, 0.3) is 0 Å². The van der Waals surface area contributed by atoms with Crippen LogP contribution < -0.4 is 0 Å². The van der Waals surface area contributed by atoms with E-state index in [9.17, 15) is 22.1 Å². The lowest BCUT2D eigenvalue weighted by Crippen LogP contribution is -2.35. The van der Waals surface area contributed by atoms with Gasteiger partial charge in [-0.25, -0.2) is 21.5 Å². The molecule has 0 saturated carbocycles. The number of benzene rings is 3. The number of sulfone groups is 1. The lowest BCUT2D eigenvalue weighted by atomic mass is 10.1. The minimum atomic E-state index is -4.13. The molecule has 0 amide bonds. The Bertz CT molecular complexity index is 1820. The molecule has 0 N–H and O–H groups in total. The molecule has 0 radical (unpaired) electrons. The number of piperidine rings is 1. The van der Waals surface area contributed by atoms with Gasteiger partial charge in [-0.1, -0.05) is 52.7 Å². The number of para-hydroxylation sites is 1. The minimum Gasteiger partial charge on any atom is -0.240 e. The zero-order valence-corrected chi connectivity index (χ0v) is 24.5. The zero-order chi connectivity index (χ0) is 28.3.